The normalized spacial score (nSPS) is 21.6. The van der Waals surface area contributed by atoms with Gasteiger partial charge in [-0.3, -0.25) is 4.79 Å². The molecule has 12 heteroatoms. The fourth-order valence-electron chi connectivity index (χ4n) is 5.03. The number of anilines is 4. The summed E-state index contributed by atoms with van der Waals surface area (Å²) in [7, 11) is 1.58. The highest BCUT2D eigenvalue weighted by Gasteiger charge is 2.51. The molecule has 2 N–H and O–H groups in total. The number of ether oxygens (including phenoxy) is 1. The van der Waals surface area contributed by atoms with E-state index in [-0.39, 0.29) is 17.4 Å². The Morgan fingerprint density at radius 1 is 1.32 bits per heavy atom. The van der Waals surface area contributed by atoms with Crippen molar-refractivity contribution in [2.24, 2.45) is 18.4 Å². The molecule has 0 bridgehead atoms. The number of pyridine rings is 1. The van der Waals surface area contributed by atoms with E-state index in [1.54, 1.807) is 25.2 Å². The van der Waals surface area contributed by atoms with E-state index in [9.17, 15) is 18.8 Å². The number of benzene rings is 1. The highest BCUT2D eigenvalue weighted by molar-refractivity contribution is 6.33. The number of halogens is 3. The summed E-state index contributed by atoms with van der Waals surface area (Å²) >= 11 is 6.37. The highest BCUT2D eigenvalue weighted by atomic mass is 35.5. The quantitative estimate of drug-likeness (QED) is 0.517. The molecule has 3 aromatic rings. The van der Waals surface area contributed by atoms with Gasteiger partial charge in [-0.05, 0) is 43.9 Å². The third-order valence-corrected chi connectivity index (χ3v) is 7.51. The van der Waals surface area contributed by atoms with Crippen LogP contribution in [0.4, 0.5) is 31.9 Å². The number of nitrogens with one attached hydrogen (secondary N) is 2. The van der Waals surface area contributed by atoms with Gasteiger partial charge in [-0.1, -0.05) is 11.6 Å². The van der Waals surface area contributed by atoms with Crippen LogP contribution in [0.3, 0.4) is 0 Å². The lowest BCUT2D eigenvalue weighted by Crippen LogP contribution is -2.54. The van der Waals surface area contributed by atoms with E-state index in [0.717, 1.165) is 0 Å². The van der Waals surface area contributed by atoms with Crippen molar-refractivity contribution < 1.29 is 13.5 Å². The molecule has 4 heterocycles. The van der Waals surface area contributed by atoms with Crippen molar-refractivity contribution in [2.45, 2.75) is 31.7 Å². The van der Waals surface area contributed by atoms with E-state index in [1.165, 1.54) is 10.8 Å². The lowest BCUT2D eigenvalue weighted by molar-refractivity contribution is -0.0579. The molecule has 0 spiro atoms. The van der Waals surface area contributed by atoms with Crippen LogP contribution in [0.1, 0.15) is 19.8 Å². The Labute approximate surface area is 216 Å². The van der Waals surface area contributed by atoms with Crippen molar-refractivity contribution in [3.63, 3.8) is 0 Å². The van der Waals surface area contributed by atoms with E-state index >= 15 is 0 Å². The molecule has 2 aliphatic heterocycles. The number of rotatable bonds is 4. The minimum atomic E-state index is -3.11. The maximum atomic E-state index is 14.9. The predicted octanol–water partition coefficient (Wildman–Crippen LogP) is 4.29. The van der Waals surface area contributed by atoms with Gasteiger partial charge in [-0.25, -0.2) is 13.8 Å². The monoisotopic (exact) mass is 527 g/mol. The smallest absolute Gasteiger partial charge is 0.301 e. The number of aromatic nitrogens is 3. The van der Waals surface area contributed by atoms with Crippen LogP contribution in [0.25, 0.3) is 10.9 Å². The van der Waals surface area contributed by atoms with Crippen molar-refractivity contribution in [3.8, 4) is 11.8 Å². The van der Waals surface area contributed by atoms with Crippen LogP contribution >= 0.6 is 11.6 Å². The van der Waals surface area contributed by atoms with Crippen molar-refractivity contribution in [3.05, 3.63) is 39.8 Å². The zero-order valence-electron chi connectivity index (χ0n) is 20.2. The van der Waals surface area contributed by atoms with Gasteiger partial charge in [-0.15, -0.1) is 0 Å². The number of aryl methyl sites for hydroxylation is 1. The molecular formula is C25H24ClF2N7O2. The van der Waals surface area contributed by atoms with Gasteiger partial charge in [0.05, 0.1) is 34.9 Å². The van der Waals surface area contributed by atoms with Gasteiger partial charge in [-0.2, -0.15) is 10.2 Å². The van der Waals surface area contributed by atoms with Crippen molar-refractivity contribution >= 4 is 45.6 Å². The number of nitriles is 1. The Balaban J connectivity index is 1.38. The number of nitrogens with zero attached hydrogens (tertiary/aromatic N) is 5. The first-order valence-electron chi connectivity index (χ1n) is 12.0. The summed E-state index contributed by atoms with van der Waals surface area (Å²) in [4.78, 5) is 23.7. The molecule has 2 fully saturated rings. The van der Waals surface area contributed by atoms with E-state index in [2.05, 4.69) is 26.7 Å². The molecule has 1 aromatic carbocycles. The summed E-state index contributed by atoms with van der Waals surface area (Å²) in [6.45, 7) is 2.05. The summed E-state index contributed by atoms with van der Waals surface area (Å²) in [5.74, 6) is -2.60. The van der Waals surface area contributed by atoms with Gasteiger partial charge in [0.25, 0.3) is 5.56 Å². The van der Waals surface area contributed by atoms with Crippen LogP contribution < -0.4 is 25.8 Å². The average Bonchev–Trinajstić information content (AvgIpc) is 3.69. The minimum absolute atomic E-state index is 0.115. The summed E-state index contributed by atoms with van der Waals surface area (Å²) in [6, 6.07) is 6.42. The van der Waals surface area contributed by atoms with E-state index in [0.29, 0.717) is 59.3 Å². The Bertz CT molecular complexity index is 1530. The van der Waals surface area contributed by atoms with Gasteiger partial charge < -0.3 is 24.8 Å². The number of alkyl halides is 2. The van der Waals surface area contributed by atoms with E-state index in [4.69, 9.17) is 16.3 Å². The third kappa shape index (κ3) is 4.00. The molecule has 9 nitrogen and oxygen atoms in total. The van der Waals surface area contributed by atoms with Crippen molar-refractivity contribution in [1.29, 1.82) is 5.26 Å². The summed E-state index contributed by atoms with van der Waals surface area (Å²) in [5.41, 5.74) is 0.501. The van der Waals surface area contributed by atoms with Crippen LogP contribution in [0.15, 0.2) is 29.2 Å². The van der Waals surface area contributed by atoms with Crippen LogP contribution in [-0.4, -0.2) is 46.2 Å². The molecule has 192 valence electrons. The third-order valence-electron chi connectivity index (χ3n) is 7.24. The van der Waals surface area contributed by atoms with Gasteiger partial charge in [0.1, 0.15) is 5.02 Å². The maximum absolute atomic E-state index is 14.9. The molecule has 1 saturated heterocycles. The number of fused-ring (bicyclic) bond motifs is 3. The maximum Gasteiger partial charge on any atom is 0.301 e. The number of hydrogen-bond acceptors (Lipinski definition) is 8. The largest absolute Gasteiger partial charge is 0.480 e. The van der Waals surface area contributed by atoms with Crippen molar-refractivity contribution in [1.82, 2.24) is 14.5 Å². The lowest BCUT2D eigenvalue weighted by Gasteiger charge is -2.43. The molecule has 3 aliphatic rings. The molecule has 0 radical (unpaired) electrons. The molecule has 1 aliphatic carbocycles. The average molecular weight is 528 g/mol. The van der Waals surface area contributed by atoms with Crippen LogP contribution in [0.2, 0.25) is 5.02 Å². The fourth-order valence-corrected chi connectivity index (χ4v) is 5.17. The molecular weight excluding hydrogens is 504 g/mol. The van der Waals surface area contributed by atoms with E-state index in [1.807, 2.05) is 11.8 Å². The first kappa shape index (κ1) is 23.7. The molecule has 6 rings (SSSR count). The van der Waals surface area contributed by atoms with Gasteiger partial charge in [0.2, 0.25) is 11.7 Å². The van der Waals surface area contributed by atoms with Crippen LogP contribution in [-0.2, 0) is 7.05 Å². The molecule has 0 amide bonds. The first-order valence-corrected chi connectivity index (χ1v) is 12.4. The fraction of sp³-hybridized carbons (Fsp3) is 0.440. The summed E-state index contributed by atoms with van der Waals surface area (Å²) in [6.07, 6.45) is 2.90. The minimum Gasteiger partial charge on any atom is -0.480 e. The second kappa shape index (κ2) is 8.18. The molecule has 1 atom stereocenters. The van der Waals surface area contributed by atoms with Crippen molar-refractivity contribution in [2.75, 3.05) is 35.2 Å². The molecule has 37 heavy (non-hydrogen) atoms. The second-order valence-corrected chi connectivity index (χ2v) is 10.7. The molecule has 1 saturated carbocycles. The highest BCUT2D eigenvalue weighted by Crippen LogP contribution is 2.45. The van der Waals surface area contributed by atoms with Gasteiger partial charge >= 0.3 is 5.92 Å². The predicted molar refractivity (Wildman–Crippen MR) is 136 cm³/mol. The Morgan fingerprint density at radius 2 is 2.08 bits per heavy atom. The Morgan fingerprint density at radius 3 is 2.78 bits per heavy atom. The lowest BCUT2D eigenvalue weighted by atomic mass is 9.84. The van der Waals surface area contributed by atoms with Crippen LogP contribution in [0.5, 0.6) is 5.75 Å². The first-order chi connectivity index (χ1) is 17.6. The molecule has 0 unspecified atom stereocenters. The molecule has 2 aromatic heterocycles. The standard InChI is InChI=1S/C25H24ClF2N7O2/c1-24(9-29)10-35(11-24)23-30-8-16(26)21(33-23)31-14-5-6-17-15(7-14)18-19(22(36)34(17)2)37-12-25(27,28)20(32-18)13-3-4-13/h5-8,13,20,32H,3-4,10-12H2,1-2H3,(H,30,31,33)/t20-/m0/s1. The van der Waals surface area contributed by atoms with E-state index < -0.39 is 29.5 Å². The Hall–Kier alpha value is -3.65. The summed E-state index contributed by atoms with van der Waals surface area (Å²) in [5, 5.41) is 16.3. The Kier molecular flexibility index (Phi) is 5.25. The van der Waals surface area contributed by atoms with Crippen LogP contribution in [0, 0.1) is 22.7 Å². The SMILES string of the molecule is Cn1c(=O)c2c(c3cc(Nc4nc(N5CC(C)(C#N)C5)ncc4Cl)ccc31)N[C@@H](C1CC1)C(F)(F)CO2. The zero-order valence-corrected chi connectivity index (χ0v) is 20.9. The second-order valence-electron chi connectivity index (χ2n) is 10.3. The zero-order chi connectivity index (χ0) is 26.1. The van der Waals surface area contributed by atoms with Gasteiger partial charge in [0.15, 0.2) is 12.4 Å². The summed E-state index contributed by atoms with van der Waals surface area (Å²) < 4.78 is 36.6. The number of hydrogen-bond donors (Lipinski definition) is 2. The topological polar surface area (TPSA) is 108 Å². The van der Waals surface area contributed by atoms with Gasteiger partial charge in [0, 0.05) is 31.2 Å².